The van der Waals surface area contributed by atoms with Crippen LogP contribution in [-0.4, -0.2) is 41.5 Å². The summed E-state index contributed by atoms with van der Waals surface area (Å²) >= 11 is 0. The van der Waals surface area contributed by atoms with E-state index in [1.165, 1.54) is 13.2 Å². The highest BCUT2D eigenvalue weighted by Crippen LogP contribution is 2.41. The molecular weight excluding hydrogens is 347 g/mol. The van der Waals surface area contributed by atoms with Crippen LogP contribution in [0.3, 0.4) is 0 Å². The summed E-state index contributed by atoms with van der Waals surface area (Å²) in [5, 5.41) is 0.875. The fraction of sp³-hybridized carbons (Fsp3) is 0.524. The molecule has 3 rings (SSSR count). The molecule has 0 atom stereocenters. The highest BCUT2D eigenvalue weighted by molar-refractivity contribution is 5.87. The fourth-order valence-electron chi connectivity index (χ4n) is 4.40. The maximum atomic E-state index is 14.0. The second-order valence-corrected chi connectivity index (χ2v) is 7.46. The summed E-state index contributed by atoms with van der Waals surface area (Å²) in [7, 11) is 3.23. The van der Waals surface area contributed by atoms with Gasteiger partial charge in [-0.1, -0.05) is 0 Å². The Morgan fingerprint density at radius 1 is 1.26 bits per heavy atom. The molecule has 5 nitrogen and oxygen atoms in total. The van der Waals surface area contributed by atoms with Gasteiger partial charge in [-0.05, 0) is 62.3 Å². The maximum Gasteiger partial charge on any atom is 0.325 e. The minimum absolute atomic E-state index is 0.0892. The zero-order valence-corrected chi connectivity index (χ0v) is 16.4. The van der Waals surface area contributed by atoms with Gasteiger partial charge in [-0.15, -0.1) is 0 Å². The number of aromatic nitrogens is 1. The Bertz CT molecular complexity index is 866. The maximum absolute atomic E-state index is 14.0. The van der Waals surface area contributed by atoms with Gasteiger partial charge < -0.3 is 14.2 Å². The molecule has 6 heteroatoms. The second kappa shape index (κ2) is 7.71. The number of methoxy groups -OCH3 is 1. The van der Waals surface area contributed by atoms with Gasteiger partial charge in [0.1, 0.15) is 12.4 Å². The average molecular weight is 374 g/mol. The molecule has 1 heterocycles. The molecule has 1 aromatic carbocycles. The van der Waals surface area contributed by atoms with E-state index in [2.05, 4.69) is 0 Å². The van der Waals surface area contributed by atoms with Crippen LogP contribution in [0, 0.1) is 12.7 Å². The minimum atomic E-state index is -0.322. The largest absolute Gasteiger partial charge is 0.468 e. The van der Waals surface area contributed by atoms with Crippen molar-refractivity contribution in [3.8, 4) is 0 Å². The summed E-state index contributed by atoms with van der Waals surface area (Å²) in [6, 6.07) is 5.00. The van der Waals surface area contributed by atoms with Gasteiger partial charge in [-0.25, -0.2) is 4.39 Å². The van der Waals surface area contributed by atoms with Gasteiger partial charge in [0.15, 0.2) is 0 Å². The van der Waals surface area contributed by atoms with E-state index in [4.69, 9.17) is 4.74 Å². The number of hydrogen-bond donors (Lipinski definition) is 0. The third-order valence-electron chi connectivity index (χ3n) is 6.00. The number of rotatable bonds is 4. The summed E-state index contributed by atoms with van der Waals surface area (Å²) in [5.41, 5.74) is 2.97. The standard InChI is InChI=1S/C21H27FN2O3/c1-13-21(15-5-8-17(9-6-15)23(3)14(2)25)18-11-16(22)7-10-19(18)24(13)12-20(26)27-4/h7,10-11,15,17H,5-6,8-9,12H2,1-4H3. The van der Waals surface area contributed by atoms with Crippen LogP contribution in [-0.2, 0) is 20.9 Å². The lowest BCUT2D eigenvalue weighted by Gasteiger charge is -2.34. The topological polar surface area (TPSA) is 51.5 Å². The molecule has 1 fully saturated rings. The molecular formula is C21H27FN2O3. The summed E-state index contributed by atoms with van der Waals surface area (Å²) in [5.74, 6) is -0.210. The lowest BCUT2D eigenvalue weighted by atomic mass is 9.80. The lowest BCUT2D eigenvalue weighted by Crippen LogP contribution is -2.37. The minimum Gasteiger partial charge on any atom is -0.468 e. The van der Waals surface area contributed by atoms with Gasteiger partial charge in [0, 0.05) is 36.6 Å². The van der Waals surface area contributed by atoms with E-state index in [9.17, 15) is 14.0 Å². The Kier molecular flexibility index (Phi) is 5.53. The van der Waals surface area contributed by atoms with Gasteiger partial charge >= 0.3 is 5.97 Å². The van der Waals surface area contributed by atoms with E-state index in [1.807, 2.05) is 23.4 Å². The molecule has 0 aliphatic heterocycles. The number of amides is 1. The highest BCUT2D eigenvalue weighted by atomic mass is 19.1. The summed E-state index contributed by atoms with van der Waals surface area (Å²) in [6.07, 6.45) is 3.74. The quantitative estimate of drug-likeness (QED) is 0.766. The highest BCUT2D eigenvalue weighted by Gasteiger charge is 2.30. The number of carbonyl (C=O) groups is 2. The Morgan fingerprint density at radius 3 is 2.52 bits per heavy atom. The molecule has 27 heavy (non-hydrogen) atoms. The number of esters is 1. The molecule has 0 bridgehead atoms. The monoisotopic (exact) mass is 374 g/mol. The van der Waals surface area contributed by atoms with Crippen LogP contribution in [0.2, 0.25) is 0 Å². The predicted octanol–water partition coefficient (Wildman–Crippen LogP) is 3.77. The van der Waals surface area contributed by atoms with Crippen molar-refractivity contribution in [2.24, 2.45) is 0 Å². The normalized spacial score (nSPS) is 19.9. The number of ether oxygens (including phenoxy) is 1. The molecule has 1 saturated carbocycles. The first-order chi connectivity index (χ1) is 12.8. The molecule has 0 spiro atoms. The number of carbonyl (C=O) groups excluding carboxylic acids is 2. The van der Waals surface area contributed by atoms with Gasteiger partial charge in [0.25, 0.3) is 0 Å². The van der Waals surface area contributed by atoms with Crippen LogP contribution < -0.4 is 0 Å². The van der Waals surface area contributed by atoms with Crippen molar-refractivity contribution in [3.05, 3.63) is 35.3 Å². The first-order valence-electron chi connectivity index (χ1n) is 9.42. The van der Waals surface area contributed by atoms with Crippen LogP contribution in [0.5, 0.6) is 0 Å². The molecule has 1 aliphatic rings. The molecule has 1 aliphatic carbocycles. The molecule has 0 unspecified atom stereocenters. The van der Waals surface area contributed by atoms with Crippen molar-refractivity contribution in [3.63, 3.8) is 0 Å². The number of fused-ring (bicyclic) bond motifs is 1. The van der Waals surface area contributed by atoms with Crippen LogP contribution in [0.15, 0.2) is 18.2 Å². The number of benzene rings is 1. The SMILES string of the molecule is COC(=O)Cn1c(C)c(C2CCC(N(C)C(C)=O)CC2)c2cc(F)ccc21. The van der Waals surface area contributed by atoms with Crippen molar-refractivity contribution >= 4 is 22.8 Å². The second-order valence-electron chi connectivity index (χ2n) is 7.46. The Balaban J connectivity index is 1.95. The summed E-state index contributed by atoms with van der Waals surface area (Å²) < 4.78 is 20.7. The molecule has 0 saturated heterocycles. The fourth-order valence-corrected chi connectivity index (χ4v) is 4.40. The van der Waals surface area contributed by atoms with Crippen molar-refractivity contribution in [2.75, 3.05) is 14.2 Å². The van der Waals surface area contributed by atoms with Crippen molar-refractivity contribution in [1.82, 2.24) is 9.47 Å². The Hall–Kier alpha value is -2.37. The number of halogens is 1. The van der Waals surface area contributed by atoms with Crippen molar-refractivity contribution in [1.29, 1.82) is 0 Å². The number of nitrogens with zero attached hydrogens (tertiary/aromatic N) is 2. The third kappa shape index (κ3) is 3.70. The molecule has 0 radical (unpaired) electrons. The Morgan fingerprint density at radius 2 is 1.93 bits per heavy atom. The van der Waals surface area contributed by atoms with Crippen LogP contribution in [0.1, 0.15) is 49.8 Å². The summed E-state index contributed by atoms with van der Waals surface area (Å²) in [4.78, 5) is 25.3. The van der Waals surface area contributed by atoms with Crippen LogP contribution >= 0.6 is 0 Å². The van der Waals surface area contributed by atoms with E-state index in [0.29, 0.717) is 5.92 Å². The van der Waals surface area contributed by atoms with Crippen molar-refractivity contribution < 1.29 is 18.7 Å². The third-order valence-corrected chi connectivity index (χ3v) is 6.00. The molecule has 0 N–H and O–H groups in total. The Labute approximate surface area is 159 Å². The van der Waals surface area contributed by atoms with E-state index in [0.717, 1.165) is 47.8 Å². The van der Waals surface area contributed by atoms with Gasteiger partial charge in [-0.3, -0.25) is 9.59 Å². The zero-order chi connectivity index (χ0) is 19.7. The number of hydrogen-bond acceptors (Lipinski definition) is 3. The molecule has 1 aromatic heterocycles. The smallest absolute Gasteiger partial charge is 0.325 e. The molecule has 1 amide bonds. The van der Waals surface area contributed by atoms with Gasteiger partial charge in [0.2, 0.25) is 5.91 Å². The summed E-state index contributed by atoms with van der Waals surface area (Å²) in [6.45, 7) is 3.70. The van der Waals surface area contributed by atoms with Crippen LogP contribution in [0.25, 0.3) is 10.9 Å². The zero-order valence-electron chi connectivity index (χ0n) is 16.4. The van der Waals surface area contributed by atoms with E-state index >= 15 is 0 Å². The predicted molar refractivity (Wildman–Crippen MR) is 102 cm³/mol. The first-order valence-corrected chi connectivity index (χ1v) is 9.42. The molecule has 2 aromatic rings. The lowest BCUT2D eigenvalue weighted by molar-refractivity contribution is -0.141. The van der Waals surface area contributed by atoms with E-state index < -0.39 is 0 Å². The molecule has 146 valence electrons. The van der Waals surface area contributed by atoms with Crippen molar-refractivity contribution in [2.45, 2.75) is 58.0 Å². The van der Waals surface area contributed by atoms with Gasteiger partial charge in [0.05, 0.1) is 7.11 Å². The van der Waals surface area contributed by atoms with E-state index in [1.54, 1.807) is 19.1 Å². The average Bonchev–Trinajstić information content (AvgIpc) is 2.92. The first kappa shape index (κ1) is 19.4. The van der Waals surface area contributed by atoms with Crippen LogP contribution in [0.4, 0.5) is 4.39 Å². The van der Waals surface area contributed by atoms with E-state index in [-0.39, 0.29) is 30.3 Å². The van der Waals surface area contributed by atoms with Gasteiger partial charge in [-0.2, -0.15) is 0 Å².